The van der Waals surface area contributed by atoms with E-state index >= 15 is 0 Å². The third kappa shape index (κ3) is 4.92. The molecule has 0 aromatic heterocycles. The van der Waals surface area contributed by atoms with E-state index in [0.717, 1.165) is 12.8 Å². The monoisotopic (exact) mass is 475 g/mol. The van der Waals surface area contributed by atoms with Gasteiger partial charge >= 0.3 is 5.97 Å². The summed E-state index contributed by atoms with van der Waals surface area (Å²) in [6.07, 6.45) is 1.58. The molecule has 6 nitrogen and oxygen atoms in total. The minimum atomic E-state index is -3.72. The summed E-state index contributed by atoms with van der Waals surface area (Å²) in [5.74, 6) is -1.39. The third-order valence-corrected chi connectivity index (χ3v) is 7.40. The number of halogens is 3. The average Bonchev–Trinajstić information content (AvgIpc) is 3.24. The largest absolute Gasteiger partial charge is 0.454 e. The molecule has 29 heavy (non-hydrogen) atoms. The van der Waals surface area contributed by atoms with E-state index in [1.807, 2.05) is 0 Å². The second-order valence-corrected chi connectivity index (χ2v) is 9.54. The summed E-state index contributed by atoms with van der Waals surface area (Å²) in [5, 5.41) is 0.520. The van der Waals surface area contributed by atoms with Crippen molar-refractivity contribution in [3.05, 3.63) is 62.6 Å². The molecule has 0 N–H and O–H groups in total. The Kier molecular flexibility index (Phi) is 6.86. The summed E-state index contributed by atoms with van der Waals surface area (Å²) in [5.41, 5.74) is 0.0949. The molecule has 1 aliphatic rings. The normalized spacial score (nSPS) is 14.7. The predicted octanol–water partition coefficient (Wildman–Crippen LogP) is 4.47. The molecular formula is C19H16Cl3NO5S. The van der Waals surface area contributed by atoms with E-state index in [2.05, 4.69) is 0 Å². The maximum atomic E-state index is 12.7. The highest BCUT2D eigenvalue weighted by Gasteiger charge is 2.28. The van der Waals surface area contributed by atoms with Crippen LogP contribution in [0, 0.1) is 0 Å². The van der Waals surface area contributed by atoms with Crippen molar-refractivity contribution in [3.63, 3.8) is 0 Å². The van der Waals surface area contributed by atoms with Gasteiger partial charge in [0.2, 0.25) is 10.0 Å². The first-order valence-electron chi connectivity index (χ1n) is 8.65. The third-order valence-electron chi connectivity index (χ3n) is 4.44. The van der Waals surface area contributed by atoms with Gasteiger partial charge in [0.15, 0.2) is 12.4 Å². The molecule has 0 saturated carbocycles. The summed E-state index contributed by atoms with van der Waals surface area (Å²) >= 11 is 17.7. The molecule has 0 radical (unpaired) electrons. The number of carbonyl (C=O) groups excluding carboxylic acids is 2. The van der Waals surface area contributed by atoms with Crippen molar-refractivity contribution in [1.82, 2.24) is 4.31 Å². The van der Waals surface area contributed by atoms with Crippen molar-refractivity contribution in [2.24, 2.45) is 0 Å². The number of Topliss-reactive ketones (excluding diaryl/α,β-unsaturated/α-hetero) is 1. The van der Waals surface area contributed by atoms with Gasteiger partial charge in [0.05, 0.1) is 25.5 Å². The number of sulfonamides is 1. The molecule has 0 atom stereocenters. The Bertz CT molecular complexity index is 1070. The molecular weight excluding hydrogens is 461 g/mol. The lowest BCUT2D eigenvalue weighted by molar-refractivity contribution is 0.0474. The Morgan fingerprint density at radius 1 is 0.931 bits per heavy atom. The molecule has 0 spiro atoms. The summed E-state index contributed by atoms with van der Waals surface area (Å²) in [6, 6.07) is 8.12. The number of carbonyl (C=O) groups is 2. The first kappa shape index (κ1) is 22.1. The van der Waals surface area contributed by atoms with Gasteiger partial charge in [0.25, 0.3) is 0 Å². The Hall–Kier alpha value is -1.64. The Morgan fingerprint density at radius 3 is 2.24 bits per heavy atom. The lowest BCUT2D eigenvalue weighted by Gasteiger charge is -2.16. The molecule has 2 aromatic rings. The Morgan fingerprint density at radius 2 is 1.59 bits per heavy atom. The molecule has 10 heteroatoms. The highest BCUT2D eigenvalue weighted by molar-refractivity contribution is 7.89. The van der Waals surface area contributed by atoms with E-state index in [0.29, 0.717) is 18.1 Å². The summed E-state index contributed by atoms with van der Waals surface area (Å²) in [6.45, 7) is 0.308. The van der Waals surface area contributed by atoms with Gasteiger partial charge in [0, 0.05) is 18.7 Å². The van der Waals surface area contributed by atoms with Crippen molar-refractivity contribution >= 4 is 56.6 Å². The van der Waals surface area contributed by atoms with E-state index < -0.39 is 28.4 Å². The summed E-state index contributed by atoms with van der Waals surface area (Å²) in [7, 11) is -3.72. The molecule has 0 aliphatic carbocycles. The number of rotatable bonds is 6. The van der Waals surface area contributed by atoms with Crippen molar-refractivity contribution < 1.29 is 22.7 Å². The number of esters is 1. The number of benzene rings is 2. The van der Waals surface area contributed by atoms with E-state index in [-0.39, 0.29) is 26.1 Å². The fourth-order valence-corrected chi connectivity index (χ4v) is 4.90. The number of ether oxygens (including phenoxy) is 1. The molecule has 1 saturated heterocycles. The van der Waals surface area contributed by atoms with Gasteiger partial charge in [-0.25, -0.2) is 13.2 Å². The molecule has 1 fully saturated rings. The lowest BCUT2D eigenvalue weighted by Crippen LogP contribution is -2.28. The maximum Gasteiger partial charge on any atom is 0.340 e. The lowest BCUT2D eigenvalue weighted by atomic mass is 10.1. The van der Waals surface area contributed by atoms with Gasteiger partial charge in [-0.2, -0.15) is 4.31 Å². The van der Waals surface area contributed by atoms with Crippen LogP contribution in [0.2, 0.25) is 15.1 Å². The summed E-state index contributed by atoms with van der Waals surface area (Å²) in [4.78, 5) is 24.6. The first-order valence-corrected chi connectivity index (χ1v) is 11.2. The highest BCUT2D eigenvalue weighted by Crippen LogP contribution is 2.26. The van der Waals surface area contributed by atoms with Crippen LogP contribution in [0.15, 0.2) is 41.3 Å². The van der Waals surface area contributed by atoms with E-state index in [1.54, 1.807) is 0 Å². The molecule has 0 amide bonds. The van der Waals surface area contributed by atoms with Crippen LogP contribution in [0.25, 0.3) is 0 Å². The molecule has 0 bridgehead atoms. The van der Waals surface area contributed by atoms with Crippen LogP contribution in [0.1, 0.15) is 33.6 Å². The number of ketones is 1. The minimum absolute atomic E-state index is 0.0253. The molecule has 154 valence electrons. The SMILES string of the molecule is O=C(COC(=O)c1cc(S(=O)(=O)N2CCCC2)ccc1Cl)c1ccc(Cl)c(Cl)c1. The topological polar surface area (TPSA) is 80.8 Å². The van der Waals surface area contributed by atoms with E-state index in [1.165, 1.54) is 40.7 Å². The van der Waals surface area contributed by atoms with Gasteiger partial charge in [0.1, 0.15) is 0 Å². The number of nitrogens with zero attached hydrogens (tertiary/aromatic N) is 1. The fraction of sp³-hybridized carbons (Fsp3) is 0.263. The minimum Gasteiger partial charge on any atom is -0.454 e. The fourth-order valence-electron chi connectivity index (χ4n) is 2.86. The zero-order valence-electron chi connectivity index (χ0n) is 15.0. The predicted molar refractivity (Wildman–Crippen MR) is 111 cm³/mol. The van der Waals surface area contributed by atoms with Gasteiger partial charge < -0.3 is 4.74 Å². The van der Waals surface area contributed by atoms with Crippen molar-refractivity contribution in [2.75, 3.05) is 19.7 Å². The molecule has 1 aliphatic heterocycles. The van der Waals surface area contributed by atoms with Crippen LogP contribution in [0.5, 0.6) is 0 Å². The van der Waals surface area contributed by atoms with Gasteiger partial charge in [-0.05, 0) is 49.2 Å². The quantitative estimate of drug-likeness (QED) is 0.454. The number of hydrogen-bond donors (Lipinski definition) is 0. The van der Waals surface area contributed by atoms with Crippen LogP contribution in [0.4, 0.5) is 0 Å². The van der Waals surface area contributed by atoms with Crippen molar-refractivity contribution in [2.45, 2.75) is 17.7 Å². The smallest absolute Gasteiger partial charge is 0.340 e. The Labute approximate surface area is 183 Å². The van der Waals surface area contributed by atoms with Crippen LogP contribution < -0.4 is 0 Å². The number of hydrogen-bond acceptors (Lipinski definition) is 5. The average molecular weight is 477 g/mol. The van der Waals surface area contributed by atoms with Gasteiger partial charge in [-0.3, -0.25) is 4.79 Å². The molecule has 0 unspecified atom stereocenters. The highest BCUT2D eigenvalue weighted by atomic mass is 35.5. The van der Waals surface area contributed by atoms with Crippen molar-refractivity contribution in [3.8, 4) is 0 Å². The van der Waals surface area contributed by atoms with Crippen LogP contribution in [-0.4, -0.2) is 44.2 Å². The van der Waals surface area contributed by atoms with Gasteiger partial charge in [-0.15, -0.1) is 0 Å². The molecule has 3 rings (SSSR count). The van der Waals surface area contributed by atoms with Crippen molar-refractivity contribution in [1.29, 1.82) is 0 Å². The summed E-state index contributed by atoms with van der Waals surface area (Å²) < 4.78 is 31.8. The van der Waals surface area contributed by atoms with Crippen LogP contribution >= 0.6 is 34.8 Å². The van der Waals surface area contributed by atoms with Crippen LogP contribution in [-0.2, 0) is 14.8 Å². The van der Waals surface area contributed by atoms with Gasteiger partial charge in [-0.1, -0.05) is 34.8 Å². The zero-order valence-corrected chi connectivity index (χ0v) is 18.1. The van der Waals surface area contributed by atoms with E-state index in [4.69, 9.17) is 39.5 Å². The molecule has 2 aromatic carbocycles. The van der Waals surface area contributed by atoms with E-state index in [9.17, 15) is 18.0 Å². The second-order valence-electron chi connectivity index (χ2n) is 6.38. The molecule has 1 heterocycles. The Balaban J connectivity index is 1.75. The standard InChI is InChI=1S/C19H16Cl3NO5S/c20-15-6-4-13(29(26,27)23-7-1-2-8-23)10-14(15)19(25)28-11-18(24)12-3-5-16(21)17(22)9-12/h3-6,9-10H,1-2,7-8,11H2. The second kappa shape index (κ2) is 9.02. The van der Waals surface area contributed by atoms with Crippen LogP contribution in [0.3, 0.4) is 0 Å². The maximum absolute atomic E-state index is 12.7. The first-order chi connectivity index (χ1) is 13.7. The zero-order chi connectivity index (χ0) is 21.2.